The smallest absolute Gasteiger partial charge is 0.352 e. The minimum absolute atomic E-state index is 0.0191. The van der Waals surface area contributed by atoms with Gasteiger partial charge in [0.2, 0.25) is 0 Å². The van der Waals surface area contributed by atoms with Gasteiger partial charge < -0.3 is 15.7 Å². The molecule has 1 aliphatic heterocycles. The normalized spacial score (nSPS) is 27.0. The summed E-state index contributed by atoms with van der Waals surface area (Å²) in [4.78, 5) is 24.7. The number of nitrogens with one attached hydrogen (secondary N) is 1. The molecule has 1 saturated heterocycles. The molecule has 3 aliphatic rings. The lowest BCUT2D eigenvalue weighted by Gasteiger charge is -2.33. The Morgan fingerprint density at radius 2 is 1.92 bits per heavy atom. The Morgan fingerprint density at radius 1 is 1.33 bits per heavy atom. The van der Waals surface area contributed by atoms with E-state index in [2.05, 4.69) is 0 Å². The highest BCUT2D eigenvalue weighted by molar-refractivity contribution is 7.94. The van der Waals surface area contributed by atoms with Crippen LogP contribution in [-0.2, 0) is 19.4 Å². The van der Waals surface area contributed by atoms with Crippen molar-refractivity contribution in [2.24, 2.45) is 5.73 Å². The van der Waals surface area contributed by atoms with E-state index in [1.807, 2.05) is 0 Å². The molecule has 1 amide bonds. The van der Waals surface area contributed by atoms with Gasteiger partial charge in [-0.25, -0.2) is 13.2 Å². The van der Waals surface area contributed by atoms with E-state index >= 15 is 0 Å². The number of carboxylic acids is 1. The summed E-state index contributed by atoms with van der Waals surface area (Å²) in [5.74, 6) is -2.01. The van der Waals surface area contributed by atoms with Gasteiger partial charge in [0.25, 0.3) is 5.91 Å². The van der Waals surface area contributed by atoms with Gasteiger partial charge in [-0.15, -0.1) is 0 Å². The summed E-state index contributed by atoms with van der Waals surface area (Å²) in [5.41, 5.74) is 4.51. The van der Waals surface area contributed by atoms with E-state index in [1.165, 1.54) is 4.90 Å². The van der Waals surface area contributed by atoms with Crippen molar-refractivity contribution in [1.29, 1.82) is 5.41 Å². The van der Waals surface area contributed by atoms with E-state index in [-0.39, 0.29) is 25.1 Å². The van der Waals surface area contributed by atoms with Gasteiger partial charge in [-0.3, -0.25) is 10.2 Å². The number of likely N-dealkylation sites (tertiary alicyclic amines) is 1. The Hall–Kier alpha value is -1.90. The lowest BCUT2D eigenvalue weighted by atomic mass is 9.98. The van der Waals surface area contributed by atoms with Crippen molar-refractivity contribution in [3.05, 3.63) is 11.3 Å². The highest BCUT2D eigenvalue weighted by Gasteiger charge is 2.65. The van der Waals surface area contributed by atoms with Crippen molar-refractivity contribution in [2.45, 2.75) is 48.5 Å². The number of nitrogens with two attached hydrogens (primary N) is 1. The van der Waals surface area contributed by atoms with Crippen LogP contribution in [0.5, 0.6) is 0 Å². The van der Waals surface area contributed by atoms with E-state index < -0.39 is 42.6 Å². The number of piperidine rings is 1. The summed E-state index contributed by atoms with van der Waals surface area (Å²) in [6, 6.07) is 0. The van der Waals surface area contributed by atoms with Crippen LogP contribution in [-0.4, -0.2) is 58.6 Å². The van der Waals surface area contributed by atoms with Crippen molar-refractivity contribution in [3.8, 4) is 0 Å². The predicted molar refractivity (Wildman–Crippen MR) is 86.3 cm³/mol. The lowest BCUT2D eigenvalue weighted by molar-refractivity contribution is -0.132. The second kappa shape index (κ2) is 5.05. The summed E-state index contributed by atoms with van der Waals surface area (Å²) in [6.07, 6.45) is 2.52. The van der Waals surface area contributed by atoms with Gasteiger partial charge >= 0.3 is 5.97 Å². The highest BCUT2D eigenvalue weighted by Crippen LogP contribution is 2.56. The van der Waals surface area contributed by atoms with Gasteiger partial charge in [0.15, 0.2) is 9.84 Å². The van der Waals surface area contributed by atoms with Crippen LogP contribution in [0.4, 0.5) is 0 Å². The number of nitrogens with zero attached hydrogens (tertiary/aromatic N) is 1. The first-order valence-electron chi connectivity index (χ1n) is 7.89. The molecule has 2 saturated carbocycles. The predicted octanol–water partition coefficient (Wildman–Crippen LogP) is 0.0358. The SMILES string of the molecule is CC1(S(=O)(=O)C2(CN3CCC(=C(N)C(=O)O)C(=N)C3=O)CC2)CC1. The third kappa shape index (κ3) is 2.33. The van der Waals surface area contributed by atoms with Crippen molar-refractivity contribution >= 4 is 27.4 Å². The molecule has 9 heteroatoms. The molecule has 0 radical (unpaired) electrons. The third-order valence-electron chi connectivity index (χ3n) is 5.45. The molecule has 0 aromatic heterocycles. The van der Waals surface area contributed by atoms with Crippen LogP contribution in [0.1, 0.15) is 39.0 Å². The van der Waals surface area contributed by atoms with Crippen LogP contribution in [0, 0.1) is 5.41 Å². The molecule has 0 aromatic rings. The molecule has 24 heavy (non-hydrogen) atoms. The monoisotopic (exact) mass is 355 g/mol. The molecule has 3 fully saturated rings. The number of sulfone groups is 1. The molecule has 8 nitrogen and oxygen atoms in total. The van der Waals surface area contributed by atoms with Crippen molar-refractivity contribution < 1.29 is 23.1 Å². The molecule has 1 heterocycles. The van der Waals surface area contributed by atoms with Gasteiger partial charge in [0, 0.05) is 18.7 Å². The highest BCUT2D eigenvalue weighted by atomic mass is 32.2. The zero-order valence-electron chi connectivity index (χ0n) is 13.5. The molecule has 0 spiro atoms. The van der Waals surface area contributed by atoms with Crippen molar-refractivity contribution in [2.75, 3.05) is 13.1 Å². The number of rotatable bonds is 5. The molecule has 0 bridgehead atoms. The molecule has 0 unspecified atom stereocenters. The maximum absolute atomic E-state index is 12.8. The molecule has 4 N–H and O–H groups in total. The maximum atomic E-state index is 12.8. The van der Waals surface area contributed by atoms with Crippen LogP contribution < -0.4 is 5.73 Å². The minimum atomic E-state index is -3.33. The van der Waals surface area contributed by atoms with Crippen LogP contribution in [0.25, 0.3) is 0 Å². The first-order valence-corrected chi connectivity index (χ1v) is 9.37. The standard InChI is InChI=1S/C15H21N3O5S/c1-14(3-4-14)24(22,23)15(5-6-15)8-18-7-2-9(10(16)12(18)19)11(17)13(20)21/h16H,2-8,17H2,1H3,(H,20,21). The number of carboxylic acid groups (broad SMARTS) is 1. The van der Waals surface area contributed by atoms with Crippen LogP contribution >= 0.6 is 0 Å². The Bertz CT molecular complexity index is 775. The van der Waals surface area contributed by atoms with Gasteiger partial charge in [0.05, 0.1) is 9.49 Å². The quantitative estimate of drug-likeness (QED) is 0.594. The topological polar surface area (TPSA) is 142 Å². The number of hydrogen-bond acceptors (Lipinski definition) is 6. The number of carbonyl (C=O) groups excluding carboxylic acids is 1. The summed E-state index contributed by atoms with van der Waals surface area (Å²) in [6.45, 7) is 2.00. The average molecular weight is 355 g/mol. The number of amides is 1. The van der Waals surface area contributed by atoms with Crippen LogP contribution in [0.2, 0.25) is 0 Å². The van der Waals surface area contributed by atoms with Gasteiger partial charge in [-0.2, -0.15) is 0 Å². The Kier molecular flexibility index (Phi) is 3.56. The van der Waals surface area contributed by atoms with Crippen molar-refractivity contribution in [3.63, 3.8) is 0 Å². The molecule has 0 aromatic carbocycles. The van der Waals surface area contributed by atoms with E-state index in [0.717, 1.165) is 0 Å². The lowest BCUT2D eigenvalue weighted by Crippen LogP contribution is -2.50. The molecule has 132 valence electrons. The zero-order chi connectivity index (χ0) is 17.9. The van der Waals surface area contributed by atoms with E-state index in [1.54, 1.807) is 6.92 Å². The number of hydrogen-bond donors (Lipinski definition) is 3. The zero-order valence-corrected chi connectivity index (χ0v) is 14.3. The average Bonchev–Trinajstić information content (AvgIpc) is 3.41. The maximum Gasteiger partial charge on any atom is 0.352 e. The fraction of sp³-hybridized carbons (Fsp3) is 0.667. The number of aliphatic carboxylic acids is 1. The first-order chi connectivity index (χ1) is 11.0. The van der Waals surface area contributed by atoms with Gasteiger partial charge in [-0.05, 0) is 39.0 Å². The second-order valence-electron chi connectivity index (χ2n) is 7.19. The van der Waals surface area contributed by atoms with Gasteiger partial charge in [0.1, 0.15) is 11.4 Å². The van der Waals surface area contributed by atoms with Crippen molar-refractivity contribution in [1.82, 2.24) is 4.90 Å². The van der Waals surface area contributed by atoms with Gasteiger partial charge in [-0.1, -0.05) is 0 Å². The molecular weight excluding hydrogens is 334 g/mol. The minimum Gasteiger partial charge on any atom is -0.477 e. The second-order valence-corrected chi connectivity index (χ2v) is 10.0. The summed E-state index contributed by atoms with van der Waals surface area (Å²) < 4.78 is 24.1. The fourth-order valence-corrected chi connectivity index (χ4v) is 5.93. The Labute approximate surface area is 140 Å². The summed E-state index contributed by atoms with van der Waals surface area (Å²) in [7, 11) is -3.33. The van der Waals surface area contributed by atoms with E-state index in [0.29, 0.717) is 25.7 Å². The molecular formula is C15H21N3O5S. The molecule has 3 rings (SSSR count). The first kappa shape index (κ1) is 16.9. The Balaban J connectivity index is 1.79. The largest absolute Gasteiger partial charge is 0.477 e. The summed E-state index contributed by atoms with van der Waals surface area (Å²) in [5, 5.41) is 16.8. The van der Waals surface area contributed by atoms with E-state index in [4.69, 9.17) is 16.2 Å². The van der Waals surface area contributed by atoms with E-state index in [9.17, 15) is 18.0 Å². The fourth-order valence-electron chi connectivity index (χ4n) is 3.28. The molecule has 2 aliphatic carbocycles. The van der Waals surface area contributed by atoms with Crippen LogP contribution in [0.15, 0.2) is 11.3 Å². The van der Waals surface area contributed by atoms with Crippen LogP contribution in [0.3, 0.4) is 0 Å². The molecule has 0 atom stereocenters. The summed E-state index contributed by atoms with van der Waals surface area (Å²) >= 11 is 0. The Morgan fingerprint density at radius 3 is 2.38 bits per heavy atom. The third-order valence-corrected chi connectivity index (χ3v) is 8.83. The number of carbonyl (C=O) groups is 2.